The number of carbonyl (C=O) groups excluding carboxylic acids is 3. The summed E-state index contributed by atoms with van der Waals surface area (Å²) < 4.78 is 14.7. The van der Waals surface area contributed by atoms with E-state index in [0.717, 1.165) is 56.3 Å². The number of aromatic carboxylic acids is 1. The molecule has 0 bridgehead atoms. The predicted octanol–water partition coefficient (Wildman–Crippen LogP) is 9.57. The molecular weight excluding hydrogens is 700 g/mol. The second-order valence-corrected chi connectivity index (χ2v) is 11.7. The minimum absolute atomic E-state index is 0.249. The largest absolute Gasteiger partial charge is 0.478 e. The lowest BCUT2D eigenvalue weighted by Crippen LogP contribution is -2.06. The summed E-state index contributed by atoms with van der Waals surface area (Å²) in [6, 6.07) is 22.0. The van der Waals surface area contributed by atoms with Crippen LogP contribution in [0.5, 0.6) is 0 Å². The van der Waals surface area contributed by atoms with Gasteiger partial charge in [-0.05, 0) is 120 Å². The average Bonchev–Trinajstić information content (AvgIpc) is 3.12. The number of benzene rings is 4. The van der Waals surface area contributed by atoms with Crippen molar-refractivity contribution >= 4 is 45.9 Å². The van der Waals surface area contributed by atoms with E-state index >= 15 is 0 Å². The highest BCUT2D eigenvalue weighted by Gasteiger charge is 2.13. The third kappa shape index (κ3) is 12.1. The van der Waals surface area contributed by atoms with Crippen LogP contribution in [-0.4, -0.2) is 50.3 Å². The predicted molar refractivity (Wildman–Crippen MR) is 202 cm³/mol. The van der Waals surface area contributed by atoms with Gasteiger partial charge in [-0.25, -0.2) is 19.2 Å². The number of rotatable bonds is 7. The van der Waals surface area contributed by atoms with Crippen molar-refractivity contribution in [2.24, 2.45) is 0 Å². The van der Waals surface area contributed by atoms with E-state index in [-0.39, 0.29) is 17.9 Å². The van der Waals surface area contributed by atoms with E-state index in [1.54, 1.807) is 36.4 Å². The fourth-order valence-electron chi connectivity index (χ4n) is 5.00. The molecule has 0 heterocycles. The van der Waals surface area contributed by atoms with E-state index in [0.29, 0.717) is 22.3 Å². The molecule has 0 aromatic heterocycles. The lowest BCUT2D eigenvalue weighted by molar-refractivity contribution is 0.0590. The molecule has 8 nitrogen and oxygen atoms in total. The Balaban J connectivity index is 0.000000334. The van der Waals surface area contributed by atoms with Crippen molar-refractivity contribution in [3.8, 4) is 0 Å². The first-order chi connectivity index (χ1) is 23.7. The maximum atomic E-state index is 11.3. The van der Waals surface area contributed by atoms with Crippen LogP contribution in [0.25, 0.3) is 6.08 Å². The van der Waals surface area contributed by atoms with Crippen LogP contribution in [0, 0.1) is 27.7 Å². The van der Waals surface area contributed by atoms with Gasteiger partial charge in [-0.15, -0.1) is 0 Å². The molecular formula is C41H47BrO8. The Labute approximate surface area is 304 Å². The van der Waals surface area contributed by atoms with Gasteiger partial charge in [0.15, 0.2) is 0 Å². The summed E-state index contributed by atoms with van der Waals surface area (Å²) in [5.74, 6) is -1.72. The molecule has 0 fully saturated rings. The molecule has 0 unspecified atom stereocenters. The molecule has 0 radical (unpaired) electrons. The van der Waals surface area contributed by atoms with Gasteiger partial charge in [-0.2, -0.15) is 0 Å². The summed E-state index contributed by atoms with van der Waals surface area (Å²) in [5, 5.41) is 8.82. The molecule has 50 heavy (non-hydrogen) atoms. The number of hydrogen-bond acceptors (Lipinski definition) is 7. The van der Waals surface area contributed by atoms with Gasteiger partial charge in [0.05, 0.1) is 43.6 Å². The summed E-state index contributed by atoms with van der Waals surface area (Å²) >= 11 is 3.32. The Bertz CT molecular complexity index is 1790. The van der Waals surface area contributed by atoms with Crippen molar-refractivity contribution in [1.29, 1.82) is 0 Å². The lowest BCUT2D eigenvalue weighted by Gasteiger charge is -2.08. The molecule has 4 aromatic carbocycles. The van der Waals surface area contributed by atoms with Crippen molar-refractivity contribution in [1.82, 2.24) is 0 Å². The van der Waals surface area contributed by atoms with Crippen LogP contribution >= 0.6 is 15.9 Å². The zero-order valence-corrected chi connectivity index (χ0v) is 31.9. The summed E-state index contributed by atoms with van der Waals surface area (Å²) in [5.41, 5.74) is 9.35. The molecule has 9 heteroatoms. The molecule has 0 spiro atoms. The lowest BCUT2D eigenvalue weighted by atomic mass is 10.00. The number of carboxylic acid groups (broad SMARTS) is 1. The van der Waals surface area contributed by atoms with Gasteiger partial charge >= 0.3 is 23.9 Å². The molecule has 0 atom stereocenters. The van der Waals surface area contributed by atoms with Crippen LogP contribution in [-0.2, 0) is 27.1 Å². The highest BCUT2D eigenvalue weighted by atomic mass is 79.9. The highest BCUT2D eigenvalue weighted by molar-refractivity contribution is 9.10. The van der Waals surface area contributed by atoms with Gasteiger partial charge in [-0.3, -0.25) is 0 Å². The Morgan fingerprint density at radius 1 is 0.600 bits per heavy atom. The summed E-state index contributed by atoms with van der Waals surface area (Å²) in [6.07, 6.45) is 3.30. The van der Waals surface area contributed by atoms with Crippen LogP contribution in [0.15, 0.2) is 83.8 Å². The van der Waals surface area contributed by atoms with Crippen molar-refractivity contribution < 1.29 is 38.5 Å². The number of halogens is 1. The smallest absolute Gasteiger partial charge is 0.339 e. The monoisotopic (exact) mass is 746 g/mol. The average molecular weight is 748 g/mol. The van der Waals surface area contributed by atoms with E-state index in [2.05, 4.69) is 32.0 Å². The maximum Gasteiger partial charge on any atom is 0.339 e. The molecule has 0 amide bonds. The van der Waals surface area contributed by atoms with Gasteiger partial charge in [0.25, 0.3) is 0 Å². The number of ether oxygens (including phenoxy) is 3. The van der Waals surface area contributed by atoms with Gasteiger partial charge in [0.2, 0.25) is 0 Å². The van der Waals surface area contributed by atoms with Crippen molar-refractivity contribution in [2.45, 2.75) is 54.4 Å². The molecule has 0 saturated heterocycles. The number of carbonyl (C=O) groups is 4. The van der Waals surface area contributed by atoms with Gasteiger partial charge in [-0.1, -0.05) is 75.0 Å². The van der Waals surface area contributed by atoms with Crippen LogP contribution < -0.4 is 0 Å². The van der Waals surface area contributed by atoms with Crippen LogP contribution in [0.1, 0.15) is 94.2 Å². The molecule has 0 saturated carbocycles. The Hall–Kier alpha value is -5.02. The van der Waals surface area contributed by atoms with Gasteiger partial charge in [0, 0.05) is 4.47 Å². The normalized spacial score (nSPS) is 9.64. The first-order valence-electron chi connectivity index (χ1n) is 15.9. The van der Waals surface area contributed by atoms with Crippen LogP contribution in [0.4, 0.5) is 0 Å². The third-order valence-corrected chi connectivity index (χ3v) is 8.75. The first kappa shape index (κ1) is 43.0. The maximum absolute atomic E-state index is 11.3. The number of methoxy groups -OCH3 is 3. The van der Waals surface area contributed by atoms with Crippen molar-refractivity contribution in [3.05, 3.63) is 145 Å². The zero-order valence-electron chi connectivity index (χ0n) is 30.3. The second kappa shape index (κ2) is 21.8. The Morgan fingerprint density at radius 3 is 1.38 bits per heavy atom. The minimum atomic E-state index is -0.837. The van der Waals surface area contributed by atoms with E-state index in [9.17, 15) is 19.2 Å². The highest BCUT2D eigenvalue weighted by Crippen LogP contribution is 2.21. The summed E-state index contributed by atoms with van der Waals surface area (Å²) in [4.78, 5) is 44.5. The van der Waals surface area contributed by atoms with E-state index in [1.165, 1.54) is 21.3 Å². The molecule has 266 valence electrons. The van der Waals surface area contributed by atoms with E-state index in [1.807, 2.05) is 84.0 Å². The number of carboxylic acids is 1. The number of aryl methyl sites for hydroxylation is 4. The second-order valence-electron chi connectivity index (χ2n) is 10.9. The Morgan fingerprint density at radius 2 is 0.960 bits per heavy atom. The fourth-order valence-corrected chi connectivity index (χ4v) is 5.43. The van der Waals surface area contributed by atoms with Crippen molar-refractivity contribution in [2.75, 3.05) is 21.3 Å². The van der Waals surface area contributed by atoms with Crippen LogP contribution in [0.2, 0.25) is 0 Å². The number of hydrogen-bond donors (Lipinski definition) is 1. The molecule has 4 aromatic rings. The SMILES string of the molecule is C=Cc1c(C)cccc1C(=O)OC.CCc1c(C)cccc1C(=O)O.CCc1c(C)cccc1C(=O)OC.COC(=O)c1cccc(C)c1Br. The standard InChI is InChI=1S/C11H14O2.C11H12O2.C10H12O2.C9H9BrO2/c2*1-4-9-8(2)6-5-7-10(9)11(12)13-3;1-3-8-7(2)5-4-6-9(8)10(11)12;1-6-4-3-5-7(8(6)10)9(11)12-2/h5-7H,4H2,1-3H3;4-7H,1H2,2-3H3;4-6H,3H2,1-2H3,(H,11,12);3-5H,1-2H3. The van der Waals surface area contributed by atoms with E-state index in [4.69, 9.17) is 9.84 Å². The minimum Gasteiger partial charge on any atom is -0.478 e. The molecule has 4 rings (SSSR count). The first-order valence-corrected chi connectivity index (χ1v) is 16.7. The van der Waals surface area contributed by atoms with Gasteiger partial charge < -0.3 is 19.3 Å². The Kier molecular flexibility index (Phi) is 18.8. The quantitative estimate of drug-likeness (QED) is 0.147. The number of esters is 3. The molecule has 0 aliphatic heterocycles. The summed E-state index contributed by atoms with van der Waals surface area (Å²) in [6.45, 7) is 15.5. The fraction of sp³-hybridized carbons (Fsp3) is 0.268. The molecule has 0 aliphatic rings. The zero-order chi connectivity index (χ0) is 38.0. The molecule has 1 N–H and O–H groups in total. The van der Waals surface area contributed by atoms with Crippen LogP contribution in [0.3, 0.4) is 0 Å². The third-order valence-electron chi connectivity index (χ3n) is 7.69. The molecule has 0 aliphatic carbocycles. The van der Waals surface area contributed by atoms with E-state index < -0.39 is 5.97 Å². The van der Waals surface area contributed by atoms with Gasteiger partial charge in [0.1, 0.15) is 0 Å². The topological polar surface area (TPSA) is 116 Å². The van der Waals surface area contributed by atoms with Crippen molar-refractivity contribution in [3.63, 3.8) is 0 Å². The summed E-state index contributed by atoms with van der Waals surface area (Å²) in [7, 11) is 4.15.